The number of nitrogens with zero attached hydrogens (tertiary/aromatic N) is 2. The second-order valence-corrected chi connectivity index (χ2v) is 5.95. The van der Waals surface area contributed by atoms with Gasteiger partial charge in [-0.2, -0.15) is 0 Å². The molecule has 4 nitrogen and oxygen atoms in total. The van der Waals surface area contributed by atoms with Crippen LogP contribution in [0.2, 0.25) is 0 Å². The van der Waals surface area contributed by atoms with Crippen molar-refractivity contribution < 1.29 is 9.53 Å². The highest BCUT2D eigenvalue weighted by Crippen LogP contribution is 2.37. The highest BCUT2D eigenvalue weighted by atomic mass is 32.2. The number of benzene rings is 2. The number of rotatable bonds is 5. The summed E-state index contributed by atoms with van der Waals surface area (Å²) in [4.78, 5) is 21.0. The van der Waals surface area contributed by atoms with Crippen LogP contribution in [0.25, 0.3) is 10.9 Å². The van der Waals surface area contributed by atoms with Gasteiger partial charge in [-0.15, -0.1) is 0 Å². The van der Waals surface area contributed by atoms with E-state index in [0.29, 0.717) is 6.61 Å². The van der Waals surface area contributed by atoms with Crippen molar-refractivity contribution in [1.29, 1.82) is 0 Å². The minimum Gasteiger partial charge on any atom is -0.465 e. The Hall–Kier alpha value is -2.40. The lowest BCUT2D eigenvalue weighted by molar-refractivity contribution is -0.142. The molecule has 0 unspecified atom stereocenters. The maximum atomic E-state index is 12.4. The van der Waals surface area contributed by atoms with E-state index >= 15 is 0 Å². The molecule has 0 radical (unpaired) electrons. The zero-order chi connectivity index (χ0) is 16.1. The van der Waals surface area contributed by atoms with Crippen LogP contribution >= 0.6 is 11.8 Å². The molecule has 1 aromatic heterocycles. The molecule has 116 valence electrons. The van der Waals surface area contributed by atoms with E-state index in [1.54, 1.807) is 0 Å². The number of fused-ring (bicyclic) bond motifs is 1. The number of thioether (sulfide) groups is 1. The van der Waals surface area contributed by atoms with E-state index in [0.717, 1.165) is 21.5 Å². The Kier molecular flexibility index (Phi) is 4.88. The maximum Gasteiger partial charge on any atom is 0.324 e. The molecule has 0 saturated heterocycles. The van der Waals surface area contributed by atoms with Crippen LogP contribution in [0.1, 0.15) is 17.7 Å². The molecule has 0 spiro atoms. The van der Waals surface area contributed by atoms with Crippen molar-refractivity contribution in [3.8, 4) is 0 Å². The minimum absolute atomic E-state index is 0.258. The smallest absolute Gasteiger partial charge is 0.324 e. The van der Waals surface area contributed by atoms with Gasteiger partial charge in [0.05, 0.1) is 12.1 Å². The van der Waals surface area contributed by atoms with Crippen LogP contribution in [0.15, 0.2) is 66.0 Å². The van der Waals surface area contributed by atoms with E-state index in [2.05, 4.69) is 9.97 Å². The van der Waals surface area contributed by atoms with Crippen molar-refractivity contribution in [3.63, 3.8) is 0 Å². The van der Waals surface area contributed by atoms with E-state index in [1.165, 1.54) is 18.1 Å². The first-order chi connectivity index (χ1) is 11.3. The highest BCUT2D eigenvalue weighted by molar-refractivity contribution is 8.00. The van der Waals surface area contributed by atoms with E-state index in [9.17, 15) is 4.79 Å². The fourth-order valence-corrected chi connectivity index (χ4v) is 3.37. The molecule has 0 aliphatic rings. The molecule has 1 atom stereocenters. The lowest BCUT2D eigenvalue weighted by Crippen LogP contribution is -2.13. The SMILES string of the molecule is CCOC(=O)[C@@H](Sc1ncnc2ccccc12)c1ccccc1. The molecule has 0 amide bonds. The molecule has 0 saturated carbocycles. The second kappa shape index (κ2) is 7.24. The lowest BCUT2D eigenvalue weighted by Gasteiger charge is -2.15. The average Bonchev–Trinajstić information content (AvgIpc) is 2.60. The molecule has 0 aliphatic heterocycles. The molecule has 0 aliphatic carbocycles. The van der Waals surface area contributed by atoms with Gasteiger partial charge in [0, 0.05) is 5.39 Å². The van der Waals surface area contributed by atoms with Gasteiger partial charge in [-0.05, 0) is 18.6 Å². The summed E-state index contributed by atoms with van der Waals surface area (Å²) in [6.07, 6.45) is 1.53. The summed E-state index contributed by atoms with van der Waals surface area (Å²) < 4.78 is 5.24. The zero-order valence-corrected chi connectivity index (χ0v) is 13.5. The van der Waals surface area contributed by atoms with Crippen LogP contribution in [0.5, 0.6) is 0 Å². The third-order valence-corrected chi connectivity index (χ3v) is 4.59. The minimum atomic E-state index is -0.450. The molecule has 1 heterocycles. The van der Waals surface area contributed by atoms with E-state index < -0.39 is 5.25 Å². The standard InChI is InChI=1S/C18H16N2O2S/c1-2-22-18(21)16(13-8-4-3-5-9-13)23-17-14-10-6-7-11-15(14)19-12-20-17/h3-12,16H,2H2,1H3/t16-/m0/s1. The van der Waals surface area contributed by atoms with Gasteiger partial charge in [-0.1, -0.05) is 60.3 Å². The molecule has 3 rings (SSSR count). The Bertz CT molecular complexity index is 803. The van der Waals surface area contributed by atoms with Gasteiger partial charge < -0.3 is 4.74 Å². The summed E-state index contributed by atoms with van der Waals surface area (Å²) >= 11 is 1.39. The van der Waals surface area contributed by atoms with Crippen molar-refractivity contribution in [1.82, 2.24) is 9.97 Å². The van der Waals surface area contributed by atoms with Crippen LogP contribution < -0.4 is 0 Å². The van der Waals surface area contributed by atoms with Gasteiger partial charge >= 0.3 is 5.97 Å². The predicted octanol–water partition coefficient (Wildman–Crippen LogP) is 4.03. The monoisotopic (exact) mass is 324 g/mol. The average molecular weight is 324 g/mol. The lowest BCUT2D eigenvalue weighted by atomic mass is 10.1. The number of ether oxygens (including phenoxy) is 1. The van der Waals surface area contributed by atoms with Gasteiger partial charge in [0.1, 0.15) is 16.6 Å². The zero-order valence-electron chi connectivity index (χ0n) is 12.7. The summed E-state index contributed by atoms with van der Waals surface area (Å²) in [5.41, 5.74) is 1.76. The fraction of sp³-hybridized carbons (Fsp3) is 0.167. The molecule has 2 aromatic carbocycles. The Morgan fingerprint density at radius 2 is 1.83 bits per heavy atom. The van der Waals surface area contributed by atoms with Crippen molar-refractivity contribution >= 4 is 28.6 Å². The third-order valence-electron chi connectivity index (χ3n) is 3.34. The van der Waals surface area contributed by atoms with Crippen LogP contribution in [0, 0.1) is 0 Å². The quantitative estimate of drug-likeness (QED) is 0.403. The summed E-state index contributed by atoms with van der Waals surface area (Å²) in [6.45, 7) is 2.16. The van der Waals surface area contributed by atoms with Crippen LogP contribution in [-0.4, -0.2) is 22.5 Å². The molecule has 3 aromatic rings. The second-order valence-electron chi connectivity index (χ2n) is 4.86. The van der Waals surface area contributed by atoms with Crippen LogP contribution in [0.3, 0.4) is 0 Å². The number of carbonyl (C=O) groups excluding carboxylic acids is 1. The maximum absolute atomic E-state index is 12.4. The Labute approximate surface area is 138 Å². The molecule has 0 bridgehead atoms. The van der Waals surface area contributed by atoms with Gasteiger partial charge in [0.2, 0.25) is 0 Å². The van der Waals surface area contributed by atoms with Gasteiger partial charge in [-0.25, -0.2) is 9.97 Å². The van der Waals surface area contributed by atoms with Crippen LogP contribution in [0.4, 0.5) is 0 Å². The van der Waals surface area contributed by atoms with E-state index in [-0.39, 0.29) is 5.97 Å². The van der Waals surface area contributed by atoms with Crippen LogP contribution in [-0.2, 0) is 9.53 Å². The topological polar surface area (TPSA) is 52.1 Å². The molecular weight excluding hydrogens is 308 g/mol. The van der Waals surface area contributed by atoms with Crippen molar-refractivity contribution in [2.24, 2.45) is 0 Å². The Morgan fingerprint density at radius 3 is 2.61 bits per heavy atom. The first-order valence-corrected chi connectivity index (χ1v) is 8.25. The molecule has 0 fully saturated rings. The number of hydrogen-bond donors (Lipinski definition) is 0. The van der Waals surface area contributed by atoms with Crippen molar-refractivity contribution in [2.75, 3.05) is 6.61 Å². The summed E-state index contributed by atoms with van der Waals surface area (Å²) in [7, 11) is 0. The van der Waals surface area contributed by atoms with Gasteiger partial charge in [0.25, 0.3) is 0 Å². The molecule has 0 N–H and O–H groups in total. The first kappa shape index (κ1) is 15.5. The van der Waals surface area contributed by atoms with Gasteiger partial charge in [-0.3, -0.25) is 4.79 Å². The molecule has 23 heavy (non-hydrogen) atoms. The summed E-state index contributed by atoms with van der Waals surface area (Å²) in [5, 5.41) is 1.26. The van der Waals surface area contributed by atoms with E-state index in [1.807, 2.05) is 61.5 Å². The van der Waals surface area contributed by atoms with E-state index in [4.69, 9.17) is 4.74 Å². The number of aromatic nitrogens is 2. The Balaban J connectivity index is 1.99. The van der Waals surface area contributed by atoms with Gasteiger partial charge in [0.15, 0.2) is 0 Å². The first-order valence-electron chi connectivity index (χ1n) is 7.37. The van der Waals surface area contributed by atoms with Crippen molar-refractivity contribution in [2.45, 2.75) is 17.2 Å². The fourth-order valence-electron chi connectivity index (χ4n) is 2.28. The number of para-hydroxylation sites is 1. The number of carbonyl (C=O) groups is 1. The molecule has 5 heteroatoms. The highest BCUT2D eigenvalue weighted by Gasteiger charge is 2.24. The predicted molar refractivity (Wildman–Crippen MR) is 91.2 cm³/mol. The number of hydrogen-bond acceptors (Lipinski definition) is 5. The summed E-state index contributed by atoms with van der Waals surface area (Å²) in [6, 6.07) is 17.4. The third kappa shape index (κ3) is 3.51. The van der Waals surface area contributed by atoms with Crippen molar-refractivity contribution in [3.05, 3.63) is 66.5 Å². The normalized spacial score (nSPS) is 12.0. The Morgan fingerprint density at radius 1 is 1.09 bits per heavy atom. The molecular formula is C18H16N2O2S. The number of esters is 1. The summed E-state index contributed by atoms with van der Waals surface area (Å²) in [5.74, 6) is -0.258. The largest absolute Gasteiger partial charge is 0.465 e.